The molecule has 1 heterocycles. The van der Waals surface area contributed by atoms with E-state index in [4.69, 9.17) is 14.6 Å². The number of nitrogens with zero attached hydrogens (tertiary/aromatic N) is 2. The van der Waals surface area contributed by atoms with Crippen LogP contribution in [0.3, 0.4) is 0 Å². The number of rotatable bonds is 19. The summed E-state index contributed by atoms with van der Waals surface area (Å²) in [4.78, 5) is 19.3. The van der Waals surface area contributed by atoms with Crippen LogP contribution in [0.1, 0.15) is 113 Å². The monoisotopic (exact) mass is 632 g/mol. The van der Waals surface area contributed by atoms with Gasteiger partial charge in [-0.1, -0.05) is 90.2 Å². The van der Waals surface area contributed by atoms with Gasteiger partial charge in [0.2, 0.25) is 0 Å². The minimum atomic E-state index is -4.52. The molecule has 2 aromatic carbocycles. The van der Waals surface area contributed by atoms with Crippen molar-refractivity contribution in [2.24, 2.45) is 0 Å². The molecule has 0 fully saturated rings. The molecule has 0 aliphatic carbocycles. The van der Waals surface area contributed by atoms with Crippen molar-refractivity contribution >= 4 is 5.97 Å². The van der Waals surface area contributed by atoms with Gasteiger partial charge in [-0.3, -0.25) is 0 Å². The number of phenolic OH excluding ortho intramolecular Hbond substituents is 1. The zero-order chi connectivity index (χ0) is 32.9. The lowest BCUT2D eigenvalue weighted by molar-refractivity contribution is -0.224. The SMILES string of the molecule is CCCCCCCCCCOc1cnc(-c2ccc(O)cc2)nc1.CCCCCCOC(c1ccc(C(=O)O)cc1)C(F)(F)F. The van der Waals surface area contributed by atoms with Crippen molar-refractivity contribution in [1.82, 2.24) is 9.97 Å². The maximum atomic E-state index is 13.0. The van der Waals surface area contributed by atoms with Crippen molar-refractivity contribution in [2.45, 2.75) is 103 Å². The predicted octanol–water partition coefficient (Wildman–Crippen LogP) is 9.95. The Morgan fingerprint density at radius 1 is 0.756 bits per heavy atom. The second kappa shape index (κ2) is 21.1. The number of carbonyl (C=O) groups is 1. The van der Waals surface area contributed by atoms with Crippen LogP contribution < -0.4 is 4.74 Å². The Morgan fingerprint density at radius 3 is 1.80 bits per heavy atom. The molecule has 0 saturated heterocycles. The molecule has 0 spiro atoms. The molecular weight excluding hydrogens is 585 g/mol. The number of carboxylic acids is 1. The van der Waals surface area contributed by atoms with E-state index in [1.807, 2.05) is 6.92 Å². The van der Waals surface area contributed by atoms with Gasteiger partial charge in [-0.15, -0.1) is 0 Å². The van der Waals surface area contributed by atoms with Crippen molar-refractivity contribution < 1.29 is 37.7 Å². The molecular formula is C35H47F3N2O5. The van der Waals surface area contributed by atoms with Crippen LogP contribution in [-0.4, -0.2) is 45.5 Å². The summed E-state index contributed by atoms with van der Waals surface area (Å²) in [7, 11) is 0. The summed E-state index contributed by atoms with van der Waals surface area (Å²) >= 11 is 0. The summed E-state index contributed by atoms with van der Waals surface area (Å²) in [5.74, 6) is 0.407. The van der Waals surface area contributed by atoms with Crippen LogP contribution in [0.2, 0.25) is 0 Å². The van der Waals surface area contributed by atoms with Crippen molar-refractivity contribution in [1.29, 1.82) is 0 Å². The fourth-order valence-corrected chi connectivity index (χ4v) is 4.49. The van der Waals surface area contributed by atoms with E-state index in [0.29, 0.717) is 18.0 Å². The minimum Gasteiger partial charge on any atom is -0.508 e. The first-order valence-corrected chi connectivity index (χ1v) is 15.9. The van der Waals surface area contributed by atoms with Gasteiger partial charge in [0.15, 0.2) is 17.7 Å². The van der Waals surface area contributed by atoms with Gasteiger partial charge < -0.3 is 19.7 Å². The topological polar surface area (TPSA) is 102 Å². The van der Waals surface area contributed by atoms with E-state index in [-0.39, 0.29) is 23.5 Å². The molecule has 1 unspecified atom stereocenters. The van der Waals surface area contributed by atoms with Crippen LogP contribution in [0, 0.1) is 0 Å². The van der Waals surface area contributed by atoms with Crippen LogP contribution in [0.5, 0.6) is 11.5 Å². The Balaban J connectivity index is 0.000000317. The molecule has 3 aromatic rings. The molecule has 7 nitrogen and oxygen atoms in total. The lowest BCUT2D eigenvalue weighted by atomic mass is 10.1. The summed E-state index contributed by atoms with van der Waals surface area (Å²) in [6.07, 6.45) is 10.6. The first-order chi connectivity index (χ1) is 21.7. The van der Waals surface area contributed by atoms with Crippen LogP contribution in [-0.2, 0) is 4.74 Å². The average Bonchev–Trinajstić information content (AvgIpc) is 3.02. The lowest BCUT2D eigenvalue weighted by Gasteiger charge is -2.21. The maximum Gasteiger partial charge on any atom is 0.418 e. The van der Waals surface area contributed by atoms with Gasteiger partial charge in [0.1, 0.15) is 5.75 Å². The molecule has 1 aromatic heterocycles. The first-order valence-electron chi connectivity index (χ1n) is 15.9. The van der Waals surface area contributed by atoms with E-state index in [1.54, 1.807) is 36.7 Å². The summed E-state index contributed by atoms with van der Waals surface area (Å²) in [6.45, 7) is 5.02. The van der Waals surface area contributed by atoms with Gasteiger partial charge in [-0.05, 0) is 54.8 Å². The average molecular weight is 633 g/mol. The summed E-state index contributed by atoms with van der Waals surface area (Å²) in [5.41, 5.74) is 0.744. The highest BCUT2D eigenvalue weighted by Crippen LogP contribution is 2.36. The van der Waals surface area contributed by atoms with Gasteiger partial charge in [-0.2, -0.15) is 13.2 Å². The zero-order valence-corrected chi connectivity index (χ0v) is 26.4. The number of halogens is 3. The Labute approximate surface area is 264 Å². The zero-order valence-electron chi connectivity index (χ0n) is 26.4. The van der Waals surface area contributed by atoms with Gasteiger partial charge in [0.25, 0.3) is 0 Å². The van der Waals surface area contributed by atoms with E-state index in [0.717, 1.165) is 62.1 Å². The quantitative estimate of drug-likeness (QED) is 0.127. The number of carboxylic acid groups (broad SMARTS) is 1. The molecule has 45 heavy (non-hydrogen) atoms. The number of unbranched alkanes of at least 4 members (excludes halogenated alkanes) is 10. The number of aromatic carboxylic acids is 1. The predicted molar refractivity (Wildman–Crippen MR) is 170 cm³/mol. The number of aromatic hydroxyl groups is 1. The van der Waals surface area contributed by atoms with Crippen molar-refractivity contribution in [2.75, 3.05) is 13.2 Å². The molecule has 0 aliphatic rings. The molecule has 1 atom stereocenters. The van der Waals surface area contributed by atoms with Crippen molar-refractivity contribution in [3.8, 4) is 22.9 Å². The Bertz CT molecular complexity index is 1200. The Hall–Kier alpha value is -3.66. The normalized spacial score (nSPS) is 11.8. The first kappa shape index (κ1) is 37.5. The molecule has 2 N–H and O–H groups in total. The molecule has 0 bridgehead atoms. The number of ether oxygens (including phenoxy) is 2. The lowest BCUT2D eigenvalue weighted by Crippen LogP contribution is -2.24. The summed E-state index contributed by atoms with van der Waals surface area (Å²) < 4.78 is 49.7. The molecule has 3 rings (SSSR count). The highest BCUT2D eigenvalue weighted by Gasteiger charge is 2.41. The number of hydrogen-bond donors (Lipinski definition) is 2. The fraction of sp³-hybridized carbons (Fsp3) is 0.514. The van der Waals surface area contributed by atoms with Crippen molar-refractivity contribution in [3.63, 3.8) is 0 Å². The molecule has 0 aliphatic heterocycles. The standard InChI is InChI=1S/C20H28N2O2.C15H19F3O3/c1-2-3-4-5-6-7-8-9-14-24-19-15-21-20(22-16-19)17-10-12-18(23)13-11-17;1-2-3-4-5-10-21-13(15(16,17)18)11-6-8-12(9-7-11)14(19)20/h10-13,15-16,23H,2-9,14H2,1H3;6-9,13H,2-5,10H2,1H3,(H,19,20). The van der Waals surface area contributed by atoms with E-state index in [9.17, 15) is 23.1 Å². The maximum absolute atomic E-state index is 13.0. The summed E-state index contributed by atoms with van der Waals surface area (Å²) in [5, 5.41) is 18.0. The van der Waals surface area contributed by atoms with Gasteiger partial charge in [0, 0.05) is 12.2 Å². The van der Waals surface area contributed by atoms with Crippen LogP contribution in [0.15, 0.2) is 60.9 Å². The van der Waals surface area contributed by atoms with E-state index in [2.05, 4.69) is 16.9 Å². The second-order valence-electron chi connectivity index (χ2n) is 10.9. The van der Waals surface area contributed by atoms with Gasteiger partial charge in [0.05, 0.1) is 24.6 Å². The highest BCUT2D eigenvalue weighted by molar-refractivity contribution is 5.87. The third-order valence-electron chi connectivity index (χ3n) is 7.06. The van der Waals surface area contributed by atoms with Crippen molar-refractivity contribution in [3.05, 3.63) is 72.1 Å². The Kier molecular flexibility index (Phi) is 17.6. The third-order valence-corrected chi connectivity index (χ3v) is 7.06. The largest absolute Gasteiger partial charge is 0.508 e. The second-order valence-corrected chi connectivity index (χ2v) is 10.9. The van der Waals surface area contributed by atoms with E-state index >= 15 is 0 Å². The molecule has 10 heteroatoms. The molecule has 248 valence electrons. The number of hydrogen-bond acceptors (Lipinski definition) is 6. The number of phenols is 1. The van der Waals surface area contributed by atoms with Gasteiger partial charge >= 0.3 is 12.1 Å². The number of alkyl halides is 3. The van der Waals surface area contributed by atoms with E-state index in [1.165, 1.54) is 44.9 Å². The Morgan fingerprint density at radius 2 is 1.27 bits per heavy atom. The van der Waals surface area contributed by atoms with E-state index < -0.39 is 18.2 Å². The highest BCUT2D eigenvalue weighted by atomic mass is 19.4. The third kappa shape index (κ3) is 15.3. The van der Waals surface area contributed by atoms with Crippen LogP contribution in [0.25, 0.3) is 11.4 Å². The van der Waals surface area contributed by atoms with Crippen LogP contribution >= 0.6 is 0 Å². The molecule has 0 saturated carbocycles. The number of benzene rings is 2. The molecule has 0 radical (unpaired) electrons. The minimum absolute atomic E-state index is 0.0326. The molecule has 0 amide bonds. The van der Waals surface area contributed by atoms with Crippen LogP contribution in [0.4, 0.5) is 13.2 Å². The number of aromatic nitrogens is 2. The summed E-state index contributed by atoms with van der Waals surface area (Å²) in [6, 6.07) is 11.4. The fourth-order valence-electron chi connectivity index (χ4n) is 4.49. The van der Waals surface area contributed by atoms with Gasteiger partial charge in [-0.25, -0.2) is 14.8 Å². The smallest absolute Gasteiger partial charge is 0.418 e.